The van der Waals surface area contributed by atoms with Crippen LogP contribution in [-0.4, -0.2) is 25.3 Å². The second-order valence-corrected chi connectivity index (χ2v) is 5.81. The lowest BCUT2D eigenvalue weighted by Crippen LogP contribution is -2.42. The van der Waals surface area contributed by atoms with E-state index in [1.54, 1.807) is 0 Å². The van der Waals surface area contributed by atoms with Gasteiger partial charge < -0.3 is 20.1 Å². The Balaban J connectivity index is 1.46. The molecule has 2 N–H and O–H groups in total. The van der Waals surface area contributed by atoms with Crippen LogP contribution in [0.25, 0.3) is 0 Å². The number of rotatable bonds is 6. The van der Waals surface area contributed by atoms with Crippen molar-refractivity contribution < 1.29 is 14.3 Å². The van der Waals surface area contributed by atoms with Crippen molar-refractivity contribution in [3.05, 3.63) is 65.7 Å². The number of urea groups is 1. The van der Waals surface area contributed by atoms with E-state index in [1.165, 1.54) is 0 Å². The summed E-state index contributed by atoms with van der Waals surface area (Å²) in [4.78, 5) is 11.9. The first-order valence-corrected chi connectivity index (χ1v) is 8.17. The van der Waals surface area contributed by atoms with E-state index in [4.69, 9.17) is 9.47 Å². The summed E-state index contributed by atoms with van der Waals surface area (Å²) in [5.41, 5.74) is 2.12. The van der Waals surface area contributed by atoms with Gasteiger partial charge in [0.05, 0.1) is 12.6 Å². The third-order valence-corrected chi connectivity index (χ3v) is 3.86. The molecule has 2 amide bonds. The maximum Gasteiger partial charge on any atom is 0.315 e. The van der Waals surface area contributed by atoms with Crippen molar-refractivity contribution in [1.82, 2.24) is 10.6 Å². The fourth-order valence-electron chi connectivity index (χ4n) is 2.55. The highest BCUT2D eigenvalue weighted by Crippen LogP contribution is 2.15. The van der Waals surface area contributed by atoms with Gasteiger partial charge in [0.25, 0.3) is 0 Å². The highest BCUT2D eigenvalue weighted by atomic mass is 16.5. The SMILES string of the molecule is O=C(NCc1cccc(OCc2ccccc2)c1)N[C@H]1CCOC1. The molecule has 5 heteroatoms. The number of benzene rings is 2. The lowest BCUT2D eigenvalue weighted by molar-refractivity contribution is 0.188. The summed E-state index contributed by atoms with van der Waals surface area (Å²) in [5, 5.41) is 5.77. The molecule has 5 nitrogen and oxygen atoms in total. The van der Waals surface area contributed by atoms with Crippen LogP contribution in [0, 0.1) is 0 Å². The van der Waals surface area contributed by atoms with Crippen LogP contribution in [0.1, 0.15) is 17.5 Å². The summed E-state index contributed by atoms with van der Waals surface area (Å²) < 4.78 is 11.0. The van der Waals surface area contributed by atoms with E-state index < -0.39 is 0 Å². The van der Waals surface area contributed by atoms with Crippen LogP contribution in [0.5, 0.6) is 5.75 Å². The number of carbonyl (C=O) groups is 1. The van der Waals surface area contributed by atoms with Gasteiger partial charge in [0.2, 0.25) is 0 Å². The molecule has 1 saturated heterocycles. The van der Waals surface area contributed by atoms with Crippen molar-refractivity contribution in [2.24, 2.45) is 0 Å². The van der Waals surface area contributed by atoms with Gasteiger partial charge in [-0.2, -0.15) is 0 Å². The molecule has 1 heterocycles. The molecule has 0 radical (unpaired) electrons. The lowest BCUT2D eigenvalue weighted by atomic mass is 10.2. The molecule has 1 fully saturated rings. The predicted molar refractivity (Wildman–Crippen MR) is 91.8 cm³/mol. The third kappa shape index (κ3) is 4.99. The van der Waals surface area contributed by atoms with Crippen molar-refractivity contribution in [2.45, 2.75) is 25.6 Å². The highest BCUT2D eigenvalue weighted by molar-refractivity contribution is 5.74. The van der Waals surface area contributed by atoms with E-state index in [-0.39, 0.29) is 12.1 Å². The Hall–Kier alpha value is -2.53. The molecular formula is C19H22N2O3. The zero-order chi connectivity index (χ0) is 16.6. The molecule has 0 aliphatic carbocycles. The van der Waals surface area contributed by atoms with Crippen molar-refractivity contribution >= 4 is 6.03 Å². The average Bonchev–Trinajstić information content (AvgIpc) is 3.12. The first-order chi connectivity index (χ1) is 11.8. The second-order valence-electron chi connectivity index (χ2n) is 5.81. The third-order valence-electron chi connectivity index (χ3n) is 3.86. The molecule has 0 saturated carbocycles. The van der Waals surface area contributed by atoms with Crippen molar-refractivity contribution in [3.63, 3.8) is 0 Å². The molecule has 0 unspecified atom stereocenters. The topological polar surface area (TPSA) is 59.6 Å². The highest BCUT2D eigenvalue weighted by Gasteiger charge is 2.17. The number of nitrogens with one attached hydrogen (secondary N) is 2. The van der Waals surface area contributed by atoms with Crippen LogP contribution in [0.3, 0.4) is 0 Å². The lowest BCUT2D eigenvalue weighted by Gasteiger charge is -2.12. The Morgan fingerprint density at radius 3 is 2.75 bits per heavy atom. The van der Waals surface area contributed by atoms with E-state index >= 15 is 0 Å². The fourth-order valence-corrected chi connectivity index (χ4v) is 2.55. The maximum atomic E-state index is 11.9. The summed E-state index contributed by atoms with van der Waals surface area (Å²) in [5.74, 6) is 0.794. The number of ether oxygens (including phenoxy) is 2. The Morgan fingerprint density at radius 2 is 1.96 bits per heavy atom. The van der Waals surface area contributed by atoms with E-state index in [0.29, 0.717) is 26.4 Å². The molecule has 1 aliphatic heterocycles. The molecule has 0 bridgehead atoms. The van der Waals surface area contributed by atoms with Gasteiger partial charge in [-0.3, -0.25) is 0 Å². The van der Waals surface area contributed by atoms with Crippen LogP contribution in [0.2, 0.25) is 0 Å². The van der Waals surface area contributed by atoms with Gasteiger partial charge in [-0.1, -0.05) is 42.5 Å². The molecule has 0 aromatic heterocycles. The van der Waals surface area contributed by atoms with E-state index in [9.17, 15) is 4.79 Å². The predicted octanol–water partition coefficient (Wildman–Crippen LogP) is 2.85. The first-order valence-electron chi connectivity index (χ1n) is 8.17. The Kier molecular flexibility index (Phi) is 5.69. The van der Waals surface area contributed by atoms with Crippen LogP contribution in [0.15, 0.2) is 54.6 Å². The molecule has 3 rings (SSSR count). The summed E-state index contributed by atoms with van der Waals surface area (Å²) in [6.07, 6.45) is 0.871. The smallest absolute Gasteiger partial charge is 0.315 e. The monoisotopic (exact) mass is 326 g/mol. The van der Waals surface area contributed by atoms with Gasteiger partial charge >= 0.3 is 6.03 Å². The van der Waals surface area contributed by atoms with Crippen molar-refractivity contribution in [2.75, 3.05) is 13.2 Å². The molecule has 1 aliphatic rings. The molecule has 126 valence electrons. The molecular weight excluding hydrogens is 304 g/mol. The summed E-state index contributed by atoms with van der Waals surface area (Å²) >= 11 is 0. The Morgan fingerprint density at radius 1 is 1.12 bits per heavy atom. The van der Waals surface area contributed by atoms with Crippen LogP contribution in [0.4, 0.5) is 4.79 Å². The van der Waals surface area contributed by atoms with Gasteiger partial charge in [-0.25, -0.2) is 4.79 Å². The standard InChI is InChI=1S/C19H22N2O3/c22-19(21-17-9-10-23-14-17)20-12-16-7-4-8-18(11-16)24-13-15-5-2-1-3-6-15/h1-8,11,17H,9-10,12-14H2,(H2,20,21,22)/t17-/m0/s1. The normalized spacial score (nSPS) is 16.6. The molecule has 2 aromatic rings. The zero-order valence-electron chi connectivity index (χ0n) is 13.5. The largest absolute Gasteiger partial charge is 0.489 e. The minimum atomic E-state index is -0.166. The minimum absolute atomic E-state index is 0.116. The first kappa shape index (κ1) is 16.3. The Bertz CT molecular complexity index is 655. The van der Waals surface area contributed by atoms with Gasteiger partial charge in [0.1, 0.15) is 12.4 Å². The van der Waals surface area contributed by atoms with Gasteiger partial charge in [-0.05, 0) is 29.7 Å². The van der Waals surface area contributed by atoms with Crippen LogP contribution < -0.4 is 15.4 Å². The number of hydrogen-bond donors (Lipinski definition) is 2. The quantitative estimate of drug-likeness (QED) is 0.858. The van der Waals surface area contributed by atoms with E-state index in [0.717, 1.165) is 23.3 Å². The fraction of sp³-hybridized carbons (Fsp3) is 0.316. The average molecular weight is 326 g/mol. The van der Waals surface area contributed by atoms with Gasteiger partial charge in [0.15, 0.2) is 0 Å². The number of carbonyl (C=O) groups excluding carboxylic acids is 1. The maximum absolute atomic E-state index is 11.9. The molecule has 0 spiro atoms. The van der Waals surface area contributed by atoms with E-state index in [2.05, 4.69) is 10.6 Å². The summed E-state index contributed by atoms with van der Waals surface area (Å²) in [6.45, 7) is 2.30. The molecule has 1 atom stereocenters. The van der Waals surface area contributed by atoms with Gasteiger partial charge in [-0.15, -0.1) is 0 Å². The molecule has 24 heavy (non-hydrogen) atoms. The van der Waals surface area contributed by atoms with Gasteiger partial charge in [0, 0.05) is 13.2 Å². The zero-order valence-corrected chi connectivity index (χ0v) is 13.5. The summed E-state index contributed by atoms with van der Waals surface area (Å²) in [7, 11) is 0. The van der Waals surface area contributed by atoms with Crippen molar-refractivity contribution in [1.29, 1.82) is 0 Å². The summed E-state index contributed by atoms with van der Waals surface area (Å²) in [6, 6.07) is 17.7. The van der Waals surface area contributed by atoms with Crippen LogP contribution >= 0.6 is 0 Å². The Labute approximate surface area is 142 Å². The molecule has 2 aromatic carbocycles. The van der Waals surface area contributed by atoms with Crippen molar-refractivity contribution in [3.8, 4) is 5.75 Å². The number of amides is 2. The number of hydrogen-bond acceptors (Lipinski definition) is 3. The second kappa shape index (κ2) is 8.36. The minimum Gasteiger partial charge on any atom is -0.489 e. The van der Waals surface area contributed by atoms with Crippen LogP contribution in [-0.2, 0) is 17.9 Å². The van der Waals surface area contributed by atoms with E-state index in [1.807, 2.05) is 54.6 Å².